The number of aromatic hydroxyl groups is 3. The van der Waals surface area contributed by atoms with E-state index in [1.165, 1.54) is 17.0 Å². The molecule has 0 bridgehead atoms. The molecule has 0 aliphatic carbocycles. The first-order chi connectivity index (χ1) is 12.9. The summed E-state index contributed by atoms with van der Waals surface area (Å²) in [6.07, 6.45) is 3.63. The van der Waals surface area contributed by atoms with Crippen LogP contribution in [0.4, 0.5) is 17.1 Å². The molecule has 7 heteroatoms. The lowest BCUT2D eigenvalue weighted by atomic mass is 10.1. The number of nitrogens with zero attached hydrogens (tertiary/aromatic N) is 1. The Balaban J connectivity index is 2.11. The van der Waals surface area contributed by atoms with Gasteiger partial charge in [-0.3, -0.25) is 4.79 Å². The minimum Gasteiger partial charge on any atom is -0.508 e. The van der Waals surface area contributed by atoms with E-state index in [9.17, 15) is 24.9 Å². The first-order valence-electron chi connectivity index (χ1n) is 8.48. The summed E-state index contributed by atoms with van der Waals surface area (Å²) in [5, 5.41) is 33.3. The Hall–Kier alpha value is -3.48. The third kappa shape index (κ3) is 3.57. The van der Waals surface area contributed by atoms with Gasteiger partial charge in [0.2, 0.25) is 0 Å². The molecule has 0 fully saturated rings. The molecule has 0 unspecified atom stereocenters. The molecule has 27 heavy (non-hydrogen) atoms. The SMILES string of the molecule is CC(=CCN1C(=O)c2cccc(O)c2Nc2c(O)cc(O)cc21)CCC=O. The standard InChI is InChI=1S/C20H20N2O5/c1-12(4-3-9-23)7-8-22-15-10-13(24)11-17(26)19(15)21-18-14(20(22)27)5-2-6-16(18)25/h2,5-7,9-11,21,24-26H,3-4,8H2,1H3. The number of para-hydroxylation sites is 1. The van der Waals surface area contributed by atoms with Gasteiger partial charge in [0.05, 0.1) is 16.9 Å². The van der Waals surface area contributed by atoms with Gasteiger partial charge in [-0.2, -0.15) is 0 Å². The maximum atomic E-state index is 13.1. The molecule has 4 N–H and O–H groups in total. The Morgan fingerprint density at radius 2 is 1.93 bits per heavy atom. The summed E-state index contributed by atoms with van der Waals surface area (Å²) in [5.41, 5.74) is 1.86. The quantitative estimate of drug-likeness (QED) is 0.279. The molecule has 1 aliphatic heterocycles. The average molecular weight is 368 g/mol. The molecule has 140 valence electrons. The number of anilines is 3. The summed E-state index contributed by atoms with van der Waals surface area (Å²) in [6, 6.07) is 7.10. The lowest BCUT2D eigenvalue weighted by Gasteiger charge is -2.22. The van der Waals surface area contributed by atoms with Gasteiger partial charge in [0.1, 0.15) is 29.2 Å². The first-order valence-corrected chi connectivity index (χ1v) is 8.48. The monoisotopic (exact) mass is 368 g/mol. The summed E-state index contributed by atoms with van der Waals surface area (Å²) in [4.78, 5) is 25.1. The molecule has 0 spiro atoms. The summed E-state index contributed by atoms with van der Waals surface area (Å²) in [7, 11) is 0. The van der Waals surface area contributed by atoms with Gasteiger partial charge in [0.25, 0.3) is 5.91 Å². The van der Waals surface area contributed by atoms with E-state index in [4.69, 9.17) is 0 Å². The predicted octanol–water partition coefficient (Wildman–Crippen LogP) is 3.43. The van der Waals surface area contributed by atoms with Gasteiger partial charge in [-0.05, 0) is 25.5 Å². The second kappa shape index (κ2) is 7.41. The number of carbonyl (C=O) groups is 2. The van der Waals surface area contributed by atoms with Gasteiger partial charge < -0.3 is 30.3 Å². The second-order valence-corrected chi connectivity index (χ2v) is 6.36. The molecule has 1 heterocycles. The number of rotatable bonds is 5. The Labute approximate surface area is 156 Å². The van der Waals surface area contributed by atoms with Crippen molar-refractivity contribution in [2.75, 3.05) is 16.8 Å². The van der Waals surface area contributed by atoms with Crippen molar-refractivity contribution in [3.63, 3.8) is 0 Å². The van der Waals surface area contributed by atoms with Crippen LogP contribution < -0.4 is 10.2 Å². The first kappa shape index (κ1) is 18.3. The normalized spacial score (nSPS) is 13.4. The van der Waals surface area contributed by atoms with E-state index in [-0.39, 0.29) is 46.4 Å². The number of hydrogen-bond donors (Lipinski definition) is 4. The Bertz CT molecular complexity index is 936. The zero-order valence-electron chi connectivity index (χ0n) is 14.8. The van der Waals surface area contributed by atoms with E-state index in [2.05, 4.69) is 5.32 Å². The molecule has 2 aromatic rings. The Kier molecular flexibility index (Phi) is 5.03. The van der Waals surface area contributed by atoms with Crippen LogP contribution in [0.1, 0.15) is 30.1 Å². The second-order valence-electron chi connectivity index (χ2n) is 6.36. The number of allylic oxidation sites excluding steroid dienone is 1. The highest BCUT2D eigenvalue weighted by molar-refractivity contribution is 6.15. The zero-order valence-corrected chi connectivity index (χ0v) is 14.8. The maximum absolute atomic E-state index is 13.1. The number of amides is 1. The van der Waals surface area contributed by atoms with Crippen LogP contribution in [0.15, 0.2) is 42.0 Å². The Morgan fingerprint density at radius 3 is 2.67 bits per heavy atom. The van der Waals surface area contributed by atoms with Crippen molar-refractivity contribution in [1.82, 2.24) is 0 Å². The average Bonchev–Trinajstić information content (AvgIpc) is 2.74. The number of fused-ring (bicyclic) bond motifs is 2. The van der Waals surface area contributed by atoms with Gasteiger partial charge in [0.15, 0.2) is 0 Å². The van der Waals surface area contributed by atoms with Crippen molar-refractivity contribution in [2.24, 2.45) is 0 Å². The van der Waals surface area contributed by atoms with Crippen molar-refractivity contribution in [3.8, 4) is 17.2 Å². The van der Waals surface area contributed by atoms with Crippen LogP contribution >= 0.6 is 0 Å². The van der Waals surface area contributed by atoms with Crippen molar-refractivity contribution in [1.29, 1.82) is 0 Å². The number of aldehydes is 1. The molecule has 2 aromatic carbocycles. The molecule has 1 aliphatic rings. The van der Waals surface area contributed by atoms with Crippen LogP contribution in [-0.4, -0.2) is 34.1 Å². The lowest BCUT2D eigenvalue weighted by Crippen LogP contribution is -2.30. The highest BCUT2D eigenvalue weighted by atomic mass is 16.3. The highest BCUT2D eigenvalue weighted by Crippen LogP contribution is 2.45. The third-order valence-electron chi connectivity index (χ3n) is 4.42. The largest absolute Gasteiger partial charge is 0.508 e. The minimum absolute atomic E-state index is 0.126. The minimum atomic E-state index is -0.392. The highest BCUT2D eigenvalue weighted by Gasteiger charge is 2.29. The van der Waals surface area contributed by atoms with Crippen molar-refractivity contribution >= 4 is 29.3 Å². The van der Waals surface area contributed by atoms with E-state index in [1.807, 2.05) is 13.0 Å². The molecule has 1 amide bonds. The van der Waals surface area contributed by atoms with Gasteiger partial charge in [-0.1, -0.05) is 17.7 Å². The summed E-state index contributed by atoms with van der Waals surface area (Å²) >= 11 is 0. The molecular formula is C20H20N2O5. The van der Waals surface area contributed by atoms with Crippen LogP contribution in [0.5, 0.6) is 17.2 Å². The van der Waals surface area contributed by atoms with E-state index in [0.29, 0.717) is 12.8 Å². The van der Waals surface area contributed by atoms with E-state index < -0.39 is 5.91 Å². The fraction of sp³-hybridized carbons (Fsp3) is 0.200. The van der Waals surface area contributed by atoms with Gasteiger partial charge >= 0.3 is 0 Å². The van der Waals surface area contributed by atoms with Crippen molar-refractivity contribution < 1.29 is 24.9 Å². The molecule has 0 saturated heterocycles. The van der Waals surface area contributed by atoms with Gasteiger partial charge in [-0.25, -0.2) is 0 Å². The molecule has 0 atom stereocenters. The van der Waals surface area contributed by atoms with Crippen LogP contribution in [-0.2, 0) is 4.79 Å². The molecule has 7 nitrogen and oxygen atoms in total. The lowest BCUT2D eigenvalue weighted by molar-refractivity contribution is -0.107. The number of benzene rings is 2. The molecule has 0 radical (unpaired) electrons. The number of phenolic OH excluding ortho intramolecular Hbond substituents is 3. The van der Waals surface area contributed by atoms with E-state index in [1.54, 1.807) is 12.1 Å². The zero-order chi connectivity index (χ0) is 19.6. The van der Waals surface area contributed by atoms with E-state index in [0.717, 1.165) is 17.9 Å². The topological polar surface area (TPSA) is 110 Å². The summed E-state index contributed by atoms with van der Waals surface area (Å²) < 4.78 is 0. The number of carbonyl (C=O) groups excluding carboxylic acids is 2. The smallest absolute Gasteiger partial charge is 0.260 e. The number of hydrogen-bond acceptors (Lipinski definition) is 6. The molecule has 3 rings (SSSR count). The van der Waals surface area contributed by atoms with Crippen LogP contribution in [0.25, 0.3) is 0 Å². The predicted molar refractivity (Wildman–Crippen MR) is 102 cm³/mol. The molecule has 0 aromatic heterocycles. The van der Waals surface area contributed by atoms with Crippen molar-refractivity contribution in [3.05, 3.63) is 47.5 Å². The molecular weight excluding hydrogens is 348 g/mol. The van der Waals surface area contributed by atoms with Crippen molar-refractivity contribution in [2.45, 2.75) is 19.8 Å². The summed E-state index contributed by atoms with van der Waals surface area (Å²) in [5.74, 6) is -0.960. The number of nitrogens with one attached hydrogen (secondary N) is 1. The van der Waals surface area contributed by atoms with Gasteiger partial charge in [-0.15, -0.1) is 0 Å². The van der Waals surface area contributed by atoms with Crippen LogP contribution in [0, 0.1) is 0 Å². The van der Waals surface area contributed by atoms with Gasteiger partial charge in [0, 0.05) is 25.1 Å². The third-order valence-corrected chi connectivity index (χ3v) is 4.42. The Morgan fingerprint density at radius 1 is 1.15 bits per heavy atom. The maximum Gasteiger partial charge on any atom is 0.260 e. The molecule has 0 saturated carbocycles. The number of phenols is 3. The van der Waals surface area contributed by atoms with E-state index >= 15 is 0 Å². The van der Waals surface area contributed by atoms with Crippen LogP contribution in [0.3, 0.4) is 0 Å². The van der Waals surface area contributed by atoms with Crippen LogP contribution in [0.2, 0.25) is 0 Å². The fourth-order valence-electron chi connectivity index (χ4n) is 2.98. The summed E-state index contributed by atoms with van der Waals surface area (Å²) in [6.45, 7) is 2.04. The fourth-order valence-corrected chi connectivity index (χ4v) is 2.98.